The molecule has 1 aliphatic carbocycles. The van der Waals surface area contributed by atoms with Gasteiger partial charge in [0.25, 0.3) is 5.91 Å². The van der Waals surface area contributed by atoms with Crippen molar-refractivity contribution in [3.8, 4) is 0 Å². The smallest absolute Gasteiger partial charge is 0.266 e. The zero-order valence-corrected chi connectivity index (χ0v) is 15.2. The van der Waals surface area contributed by atoms with E-state index in [4.69, 9.17) is 0 Å². The quantitative estimate of drug-likeness (QED) is 0.893. The molecule has 0 atom stereocenters. The Labute approximate surface area is 151 Å². The van der Waals surface area contributed by atoms with Crippen LogP contribution in [0.1, 0.15) is 52.0 Å². The average Bonchev–Trinajstić information content (AvgIpc) is 3.21. The van der Waals surface area contributed by atoms with Crippen molar-refractivity contribution in [1.29, 1.82) is 0 Å². The SMILES string of the molecule is Cc1cc(NC(=O)c2scc3c2CCCC3)ccc1N1CCCC1=O. The van der Waals surface area contributed by atoms with E-state index in [-0.39, 0.29) is 11.8 Å². The van der Waals surface area contributed by atoms with E-state index in [1.54, 1.807) is 11.3 Å². The molecule has 2 aliphatic rings. The summed E-state index contributed by atoms with van der Waals surface area (Å²) >= 11 is 1.56. The van der Waals surface area contributed by atoms with Crippen LogP contribution in [-0.2, 0) is 17.6 Å². The van der Waals surface area contributed by atoms with Crippen LogP contribution in [0.25, 0.3) is 0 Å². The minimum atomic E-state index is -0.0162. The molecule has 2 amide bonds. The molecular weight excluding hydrogens is 332 g/mol. The van der Waals surface area contributed by atoms with Crippen LogP contribution in [0.5, 0.6) is 0 Å². The minimum absolute atomic E-state index is 0.0162. The van der Waals surface area contributed by atoms with Crippen molar-refractivity contribution in [2.45, 2.75) is 45.4 Å². The lowest BCUT2D eigenvalue weighted by Crippen LogP contribution is -2.24. The van der Waals surface area contributed by atoms with Gasteiger partial charge in [0.15, 0.2) is 0 Å². The molecular formula is C20H22N2O2S. The second kappa shape index (κ2) is 6.64. The molecule has 4 nitrogen and oxygen atoms in total. The Bertz CT molecular complexity index is 840. The number of thiophene rings is 1. The molecule has 0 saturated carbocycles. The van der Waals surface area contributed by atoms with Gasteiger partial charge in [-0.15, -0.1) is 11.3 Å². The number of carbonyl (C=O) groups is 2. The highest BCUT2D eigenvalue weighted by Gasteiger charge is 2.24. The van der Waals surface area contributed by atoms with Crippen LogP contribution in [0.4, 0.5) is 11.4 Å². The van der Waals surface area contributed by atoms with Crippen molar-refractivity contribution >= 4 is 34.5 Å². The van der Waals surface area contributed by atoms with E-state index in [9.17, 15) is 9.59 Å². The van der Waals surface area contributed by atoms with E-state index in [1.807, 2.05) is 30.0 Å². The number of rotatable bonds is 3. The number of nitrogens with zero attached hydrogens (tertiary/aromatic N) is 1. The molecule has 130 valence electrons. The fraction of sp³-hybridized carbons (Fsp3) is 0.400. The average molecular weight is 354 g/mol. The Morgan fingerprint density at radius 2 is 2.00 bits per heavy atom. The van der Waals surface area contributed by atoms with Crippen LogP contribution >= 0.6 is 11.3 Å². The van der Waals surface area contributed by atoms with Gasteiger partial charge in [-0.2, -0.15) is 0 Å². The molecule has 1 aromatic carbocycles. The topological polar surface area (TPSA) is 49.4 Å². The standard InChI is InChI=1S/C20H22N2O2S/c1-13-11-15(8-9-17(13)22-10-4-7-18(22)23)21-20(24)19-16-6-3-2-5-14(16)12-25-19/h8-9,11-12H,2-7,10H2,1H3,(H,21,24). The second-order valence-electron chi connectivity index (χ2n) is 6.88. The zero-order valence-electron chi connectivity index (χ0n) is 14.4. The molecule has 1 saturated heterocycles. The third-order valence-corrected chi connectivity index (χ3v) is 6.20. The monoisotopic (exact) mass is 354 g/mol. The van der Waals surface area contributed by atoms with Crippen molar-refractivity contribution in [3.63, 3.8) is 0 Å². The summed E-state index contributed by atoms with van der Waals surface area (Å²) in [6.07, 6.45) is 6.04. The van der Waals surface area contributed by atoms with Gasteiger partial charge in [0, 0.05) is 24.3 Å². The minimum Gasteiger partial charge on any atom is -0.321 e. The number of anilines is 2. The van der Waals surface area contributed by atoms with Crippen LogP contribution in [0.3, 0.4) is 0 Å². The molecule has 0 radical (unpaired) electrons. The Kier molecular flexibility index (Phi) is 4.34. The number of amides is 2. The van der Waals surface area contributed by atoms with E-state index in [2.05, 4.69) is 10.7 Å². The van der Waals surface area contributed by atoms with E-state index < -0.39 is 0 Å². The number of fused-ring (bicyclic) bond motifs is 1. The predicted molar refractivity (Wildman–Crippen MR) is 102 cm³/mol. The Morgan fingerprint density at radius 1 is 1.16 bits per heavy atom. The van der Waals surface area contributed by atoms with Crippen LogP contribution in [0.2, 0.25) is 0 Å². The van der Waals surface area contributed by atoms with Crippen molar-refractivity contribution in [1.82, 2.24) is 0 Å². The molecule has 1 aromatic heterocycles. The van der Waals surface area contributed by atoms with Crippen LogP contribution in [0.15, 0.2) is 23.6 Å². The first-order valence-corrected chi connectivity index (χ1v) is 9.83. The van der Waals surface area contributed by atoms with Crippen molar-refractivity contribution in [3.05, 3.63) is 45.1 Å². The number of carbonyl (C=O) groups excluding carboxylic acids is 2. The largest absolute Gasteiger partial charge is 0.321 e. The Hall–Kier alpha value is -2.14. The fourth-order valence-electron chi connectivity index (χ4n) is 3.84. The number of hydrogen-bond acceptors (Lipinski definition) is 3. The molecule has 1 N–H and O–H groups in total. The lowest BCUT2D eigenvalue weighted by Gasteiger charge is -2.19. The predicted octanol–water partition coefficient (Wildman–Crippen LogP) is 4.31. The number of benzene rings is 1. The van der Waals surface area contributed by atoms with Gasteiger partial charge in [0.2, 0.25) is 5.91 Å². The number of hydrogen-bond donors (Lipinski definition) is 1. The van der Waals surface area contributed by atoms with Gasteiger partial charge in [-0.25, -0.2) is 0 Å². The summed E-state index contributed by atoms with van der Waals surface area (Å²) in [5, 5.41) is 5.17. The molecule has 4 rings (SSSR count). The van der Waals surface area contributed by atoms with Crippen molar-refractivity contribution in [2.75, 3.05) is 16.8 Å². The summed E-state index contributed by atoms with van der Waals surface area (Å²) in [5.74, 6) is 0.169. The van der Waals surface area contributed by atoms with Crippen LogP contribution < -0.4 is 10.2 Å². The summed E-state index contributed by atoms with van der Waals surface area (Å²) in [7, 11) is 0. The normalized spacial score (nSPS) is 16.8. The van der Waals surface area contributed by atoms with Gasteiger partial charge < -0.3 is 10.2 Å². The van der Waals surface area contributed by atoms with Crippen molar-refractivity contribution in [2.24, 2.45) is 0 Å². The molecule has 0 spiro atoms. The first-order chi connectivity index (χ1) is 12.1. The summed E-state index contributed by atoms with van der Waals surface area (Å²) in [6, 6.07) is 5.79. The molecule has 2 aromatic rings. The first-order valence-electron chi connectivity index (χ1n) is 8.95. The van der Waals surface area contributed by atoms with Gasteiger partial charge >= 0.3 is 0 Å². The first kappa shape index (κ1) is 16.3. The highest BCUT2D eigenvalue weighted by atomic mass is 32.1. The second-order valence-corrected chi connectivity index (χ2v) is 7.76. The van der Waals surface area contributed by atoms with Crippen molar-refractivity contribution < 1.29 is 9.59 Å². The molecule has 1 aliphatic heterocycles. The molecule has 25 heavy (non-hydrogen) atoms. The molecule has 0 unspecified atom stereocenters. The summed E-state index contributed by atoms with van der Waals surface area (Å²) in [4.78, 5) is 27.3. The molecule has 0 bridgehead atoms. The van der Waals surface area contributed by atoms with E-state index >= 15 is 0 Å². The summed E-state index contributed by atoms with van der Waals surface area (Å²) in [6.45, 7) is 2.77. The maximum Gasteiger partial charge on any atom is 0.266 e. The van der Waals surface area contributed by atoms with E-state index in [0.29, 0.717) is 6.42 Å². The Morgan fingerprint density at radius 3 is 2.76 bits per heavy atom. The zero-order chi connectivity index (χ0) is 17.4. The highest BCUT2D eigenvalue weighted by molar-refractivity contribution is 7.12. The van der Waals surface area contributed by atoms with Gasteiger partial charge in [0.05, 0.1) is 4.88 Å². The van der Waals surface area contributed by atoms with Crippen LogP contribution in [-0.4, -0.2) is 18.4 Å². The Balaban J connectivity index is 1.53. The third kappa shape index (κ3) is 3.09. The maximum absolute atomic E-state index is 12.7. The van der Waals surface area contributed by atoms with Gasteiger partial charge in [-0.05, 0) is 79.3 Å². The lowest BCUT2D eigenvalue weighted by molar-refractivity contribution is -0.117. The molecule has 2 heterocycles. The number of aryl methyl sites for hydroxylation is 2. The molecule has 5 heteroatoms. The van der Waals surface area contributed by atoms with Gasteiger partial charge in [-0.3, -0.25) is 9.59 Å². The highest BCUT2D eigenvalue weighted by Crippen LogP contribution is 2.31. The van der Waals surface area contributed by atoms with Crippen LogP contribution in [0, 0.1) is 6.92 Å². The fourth-order valence-corrected chi connectivity index (χ4v) is 4.89. The summed E-state index contributed by atoms with van der Waals surface area (Å²) in [5.41, 5.74) is 5.34. The maximum atomic E-state index is 12.7. The number of nitrogens with one attached hydrogen (secondary N) is 1. The van der Waals surface area contributed by atoms with E-state index in [1.165, 1.54) is 24.0 Å². The third-order valence-electron chi connectivity index (χ3n) is 5.13. The lowest BCUT2D eigenvalue weighted by atomic mass is 9.94. The molecule has 1 fully saturated rings. The summed E-state index contributed by atoms with van der Waals surface area (Å²) < 4.78 is 0. The van der Waals surface area contributed by atoms with Gasteiger partial charge in [-0.1, -0.05) is 0 Å². The van der Waals surface area contributed by atoms with Gasteiger partial charge in [0.1, 0.15) is 0 Å². The van der Waals surface area contributed by atoms with E-state index in [0.717, 1.165) is 47.6 Å².